The van der Waals surface area contributed by atoms with Crippen molar-refractivity contribution in [1.82, 2.24) is 10.3 Å². The fraction of sp³-hybridized carbons (Fsp3) is 0.351. The number of pyridine rings is 1. The zero-order valence-corrected chi connectivity index (χ0v) is 28.0. The Labute approximate surface area is 285 Å². The Bertz CT molecular complexity index is 1750. The minimum atomic E-state index is -1.35. The number of aliphatic hydroxyl groups excluding tert-OH is 1. The zero-order chi connectivity index (χ0) is 35.8. The highest BCUT2D eigenvalue weighted by Gasteiger charge is 2.29. The number of carbonyl (C=O) groups excluding carboxylic acids is 4. The number of nitrogen functional groups attached to an aromatic ring is 1. The van der Waals surface area contributed by atoms with Crippen molar-refractivity contribution in [2.24, 2.45) is 23.3 Å². The first-order valence-electron chi connectivity index (χ1n) is 16.2. The summed E-state index contributed by atoms with van der Waals surface area (Å²) in [6.45, 7) is 8.94. The molecule has 3 aromatic rings. The number of aromatic nitrogens is 1. The van der Waals surface area contributed by atoms with E-state index in [0.717, 1.165) is 12.8 Å². The van der Waals surface area contributed by atoms with E-state index in [-0.39, 0.29) is 52.0 Å². The second-order valence-corrected chi connectivity index (χ2v) is 12.2. The van der Waals surface area contributed by atoms with Crippen LogP contribution in [0.3, 0.4) is 0 Å². The van der Waals surface area contributed by atoms with Gasteiger partial charge in [0.1, 0.15) is 17.6 Å². The molecular weight excluding hydrogens is 626 g/mol. The molecule has 1 aliphatic rings. The summed E-state index contributed by atoms with van der Waals surface area (Å²) in [4.78, 5) is 57.7. The SMILES string of the molecule is C=Cc1cc(C(=O)Cc2ccc(C(=N)N)cc2)c(-c2ccc(C(=O)NCC3CC3)nc2C(=O)OC(C)OC(=O)[C@@H](N)C(C)CC)cc1CO. The van der Waals surface area contributed by atoms with Crippen LogP contribution in [-0.4, -0.2) is 58.4 Å². The number of Topliss-reactive ketones (excluding diaryl/α,β-unsaturated/α-hetero) is 1. The van der Waals surface area contributed by atoms with Crippen LogP contribution in [0.15, 0.2) is 55.1 Å². The van der Waals surface area contributed by atoms with Gasteiger partial charge >= 0.3 is 11.9 Å². The molecule has 0 bridgehead atoms. The Morgan fingerprint density at radius 1 is 1.08 bits per heavy atom. The number of esters is 2. The normalized spacial score (nSPS) is 14.2. The van der Waals surface area contributed by atoms with E-state index in [1.165, 1.54) is 25.1 Å². The summed E-state index contributed by atoms with van der Waals surface area (Å²) in [5.41, 5.74) is 13.9. The standard InChI is InChI=1S/C37H43N5O7/c1-5-20(3)32(38)36(46)48-21(4)49-37(47)33-27(13-14-30(42-33)35(45)41-18-23-7-8-23)28-17-26(19-43)24(6-2)16-29(28)31(44)15-22-9-11-25(12-10-22)34(39)40/h6,9-14,16-17,20-21,23,32,43H,2,5,7-8,15,18-19,38H2,1,3-4H3,(H3,39,40)(H,41,45)/t20?,21?,32-/m0/s1. The molecule has 3 atom stereocenters. The molecule has 1 aromatic heterocycles. The van der Waals surface area contributed by atoms with Crippen molar-refractivity contribution in [2.45, 2.75) is 65.4 Å². The minimum absolute atomic E-state index is 0.0431. The van der Waals surface area contributed by atoms with Gasteiger partial charge in [0.2, 0.25) is 6.29 Å². The predicted octanol–water partition coefficient (Wildman–Crippen LogP) is 4.15. The lowest BCUT2D eigenvalue weighted by Crippen LogP contribution is -2.40. The molecule has 12 heteroatoms. The Balaban J connectivity index is 1.76. The Morgan fingerprint density at radius 3 is 2.37 bits per heavy atom. The van der Waals surface area contributed by atoms with Crippen molar-refractivity contribution >= 4 is 35.5 Å². The van der Waals surface area contributed by atoms with Crippen LogP contribution >= 0.6 is 0 Å². The van der Waals surface area contributed by atoms with Crippen molar-refractivity contribution < 1.29 is 33.8 Å². The Morgan fingerprint density at radius 2 is 1.78 bits per heavy atom. The molecule has 0 aliphatic heterocycles. The van der Waals surface area contributed by atoms with Crippen LogP contribution < -0.4 is 16.8 Å². The molecule has 49 heavy (non-hydrogen) atoms. The van der Waals surface area contributed by atoms with Gasteiger partial charge in [0.15, 0.2) is 11.5 Å². The molecule has 258 valence electrons. The molecule has 0 saturated heterocycles. The van der Waals surface area contributed by atoms with E-state index in [1.54, 1.807) is 43.3 Å². The summed E-state index contributed by atoms with van der Waals surface area (Å²) in [5.74, 6) is -2.45. The highest BCUT2D eigenvalue weighted by Crippen LogP contribution is 2.33. The highest BCUT2D eigenvalue weighted by molar-refractivity contribution is 6.07. The number of hydrogen-bond acceptors (Lipinski definition) is 10. The van der Waals surface area contributed by atoms with E-state index in [1.807, 2.05) is 6.92 Å². The number of amides is 1. The zero-order valence-electron chi connectivity index (χ0n) is 28.0. The lowest BCUT2D eigenvalue weighted by atomic mass is 9.89. The maximum absolute atomic E-state index is 13.9. The second kappa shape index (κ2) is 16.3. The minimum Gasteiger partial charge on any atom is -0.424 e. The summed E-state index contributed by atoms with van der Waals surface area (Å²) < 4.78 is 10.8. The fourth-order valence-electron chi connectivity index (χ4n) is 5.09. The molecule has 2 unspecified atom stereocenters. The van der Waals surface area contributed by atoms with Gasteiger partial charge in [0.25, 0.3) is 5.91 Å². The number of ether oxygens (including phenoxy) is 2. The van der Waals surface area contributed by atoms with Crippen molar-refractivity contribution in [3.05, 3.63) is 94.3 Å². The monoisotopic (exact) mass is 669 g/mol. The molecule has 0 spiro atoms. The third-order valence-corrected chi connectivity index (χ3v) is 8.54. The second-order valence-electron chi connectivity index (χ2n) is 12.2. The van der Waals surface area contributed by atoms with E-state index in [4.69, 9.17) is 26.4 Å². The van der Waals surface area contributed by atoms with Gasteiger partial charge in [-0.1, -0.05) is 57.2 Å². The summed E-state index contributed by atoms with van der Waals surface area (Å²) in [6.07, 6.45) is 2.79. The molecule has 0 radical (unpaired) electrons. The van der Waals surface area contributed by atoms with E-state index < -0.39 is 36.8 Å². The largest absolute Gasteiger partial charge is 0.424 e. The maximum Gasteiger partial charge on any atom is 0.360 e. The van der Waals surface area contributed by atoms with Gasteiger partial charge in [0.05, 0.1) is 6.61 Å². The van der Waals surface area contributed by atoms with E-state index in [0.29, 0.717) is 41.1 Å². The number of ketones is 1. The number of nitrogens with two attached hydrogens (primary N) is 2. The van der Waals surface area contributed by atoms with Crippen molar-refractivity contribution in [1.29, 1.82) is 5.41 Å². The number of benzene rings is 2. The number of hydrogen-bond donors (Lipinski definition) is 5. The van der Waals surface area contributed by atoms with Crippen LogP contribution in [0.5, 0.6) is 0 Å². The average Bonchev–Trinajstić information content (AvgIpc) is 3.93. The summed E-state index contributed by atoms with van der Waals surface area (Å²) in [5, 5.41) is 20.6. The molecule has 2 aromatic carbocycles. The highest BCUT2D eigenvalue weighted by atomic mass is 16.7. The Hall–Kier alpha value is -5.20. The van der Waals surface area contributed by atoms with Crippen molar-refractivity contribution in [3.63, 3.8) is 0 Å². The third-order valence-electron chi connectivity index (χ3n) is 8.54. The van der Waals surface area contributed by atoms with Crippen LogP contribution in [0.25, 0.3) is 17.2 Å². The molecule has 1 aliphatic carbocycles. The molecule has 1 fully saturated rings. The van der Waals surface area contributed by atoms with Gasteiger partial charge < -0.3 is 31.4 Å². The molecule has 1 amide bonds. The van der Waals surface area contributed by atoms with E-state index >= 15 is 0 Å². The lowest BCUT2D eigenvalue weighted by molar-refractivity contribution is -0.168. The number of aliphatic hydroxyl groups is 1. The summed E-state index contributed by atoms with van der Waals surface area (Å²) in [7, 11) is 0. The molecular formula is C37H43N5O7. The molecule has 1 heterocycles. The van der Waals surface area contributed by atoms with Gasteiger partial charge in [0, 0.05) is 36.6 Å². The maximum atomic E-state index is 13.9. The van der Waals surface area contributed by atoms with Gasteiger partial charge in [-0.15, -0.1) is 0 Å². The van der Waals surface area contributed by atoms with Gasteiger partial charge in [-0.25, -0.2) is 9.78 Å². The number of nitrogens with one attached hydrogen (secondary N) is 2. The van der Waals surface area contributed by atoms with Gasteiger partial charge in [-0.3, -0.25) is 19.8 Å². The fourth-order valence-corrected chi connectivity index (χ4v) is 5.09. The van der Waals surface area contributed by atoms with Gasteiger partial charge in [-0.2, -0.15) is 0 Å². The number of nitrogens with zero attached hydrogens (tertiary/aromatic N) is 1. The molecule has 4 rings (SSSR count). The first-order chi connectivity index (χ1) is 23.4. The molecule has 1 saturated carbocycles. The number of rotatable bonds is 16. The lowest BCUT2D eigenvalue weighted by Gasteiger charge is -2.21. The number of carbonyl (C=O) groups is 4. The van der Waals surface area contributed by atoms with Crippen LogP contribution in [0.1, 0.15) is 93.6 Å². The van der Waals surface area contributed by atoms with Crippen LogP contribution in [-0.2, 0) is 27.3 Å². The van der Waals surface area contributed by atoms with Crippen LogP contribution in [0, 0.1) is 17.2 Å². The third kappa shape index (κ3) is 9.24. The number of amidine groups is 1. The van der Waals surface area contributed by atoms with E-state index in [2.05, 4.69) is 16.9 Å². The topological polar surface area (TPSA) is 208 Å². The summed E-state index contributed by atoms with van der Waals surface area (Å²) >= 11 is 0. The van der Waals surface area contributed by atoms with Crippen LogP contribution in [0.4, 0.5) is 0 Å². The molecule has 7 N–H and O–H groups in total. The average molecular weight is 670 g/mol. The smallest absolute Gasteiger partial charge is 0.360 e. The van der Waals surface area contributed by atoms with Crippen molar-refractivity contribution in [2.75, 3.05) is 6.54 Å². The van der Waals surface area contributed by atoms with Crippen molar-refractivity contribution in [3.8, 4) is 11.1 Å². The quantitative estimate of drug-likeness (QED) is 0.0484. The molecule has 12 nitrogen and oxygen atoms in total. The first-order valence-corrected chi connectivity index (χ1v) is 16.2. The Kier molecular flexibility index (Phi) is 12.2. The van der Waals surface area contributed by atoms with Crippen LogP contribution in [0.2, 0.25) is 0 Å². The van der Waals surface area contributed by atoms with Gasteiger partial charge in [-0.05, 0) is 71.2 Å². The predicted molar refractivity (Wildman–Crippen MR) is 185 cm³/mol. The van der Waals surface area contributed by atoms with E-state index in [9.17, 15) is 24.3 Å². The summed E-state index contributed by atoms with van der Waals surface area (Å²) in [6, 6.07) is 11.8. The first kappa shape index (κ1) is 36.6.